The molecule has 6 heteroatoms. The van der Waals surface area contributed by atoms with E-state index in [0.717, 1.165) is 18.4 Å². The largest absolute Gasteiger partial charge is 0.444 e. The van der Waals surface area contributed by atoms with Crippen LogP contribution in [0.3, 0.4) is 0 Å². The van der Waals surface area contributed by atoms with E-state index in [1.807, 2.05) is 51.1 Å². The van der Waals surface area contributed by atoms with Crippen LogP contribution in [-0.4, -0.2) is 41.6 Å². The fraction of sp³-hybridized carbons (Fsp3) is 0.654. The van der Waals surface area contributed by atoms with E-state index < -0.39 is 28.4 Å². The second kappa shape index (κ2) is 8.53. The SMILES string of the molecule is CC1C(C2CCN(C(=O)OC(C)(C)C)CC2)C1(C(=O)OC(=O)C(C)(C)C)c1ccccc1. The lowest BCUT2D eigenvalue weighted by Crippen LogP contribution is -2.42. The molecule has 2 fully saturated rings. The van der Waals surface area contributed by atoms with E-state index in [0.29, 0.717) is 13.1 Å². The van der Waals surface area contributed by atoms with Gasteiger partial charge < -0.3 is 14.4 Å². The molecule has 1 heterocycles. The van der Waals surface area contributed by atoms with Gasteiger partial charge in [0.15, 0.2) is 0 Å². The minimum absolute atomic E-state index is 0.0586. The standard InChI is InChI=1S/C26H37NO5/c1-17-20(18-13-15-27(16-14-18)23(30)32-25(5,6)7)26(17,19-11-9-8-10-12-19)22(29)31-21(28)24(2,3)4/h8-12,17-18,20H,13-16H2,1-7H3. The number of piperidine rings is 1. The molecule has 3 atom stereocenters. The van der Waals surface area contributed by atoms with Crippen LogP contribution in [0.1, 0.15) is 66.9 Å². The predicted molar refractivity (Wildman–Crippen MR) is 122 cm³/mol. The molecule has 6 nitrogen and oxygen atoms in total. The zero-order chi connectivity index (χ0) is 23.9. The zero-order valence-corrected chi connectivity index (χ0v) is 20.4. The van der Waals surface area contributed by atoms with Crippen LogP contribution in [0.15, 0.2) is 30.3 Å². The minimum atomic E-state index is -0.819. The normalized spacial score (nSPS) is 26.4. The zero-order valence-electron chi connectivity index (χ0n) is 20.4. The number of esters is 2. The highest BCUT2D eigenvalue weighted by molar-refractivity contribution is 5.97. The molecule has 0 radical (unpaired) electrons. The summed E-state index contributed by atoms with van der Waals surface area (Å²) in [4.78, 5) is 40.1. The number of benzene rings is 1. The molecule has 0 N–H and O–H groups in total. The van der Waals surface area contributed by atoms with E-state index in [4.69, 9.17) is 9.47 Å². The van der Waals surface area contributed by atoms with E-state index in [1.165, 1.54) is 0 Å². The van der Waals surface area contributed by atoms with Gasteiger partial charge >= 0.3 is 18.0 Å². The van der Waals surface area contributed by atoms with Gasteiger partial charge in [-0.25, -0.2) is 4.79 Å². The molecule has 1 amide bonds. The molecule has 1 saturated carbocycles. The summed E-state index contributed by atoms with van der Waals surface area (Å²) in [6, 6.07) is 9.67. The van der Waals surface area contributed by atoms with Gasteiger partial charge in [-0.3, -0.25) is 9.59 Å². The molecular weight excluding hydrogens is 406 g/mol. The maximum absolute atomic E-state index is 13.4. The van der Waals surface area contributed by atoms with Crippen molar-refractivity contribution < 1.29 is 23.9 Å². The number of hydrogen-bond acceptors (Lipinski definition) is 5. The Morgan fingerprint density at radius 2 is 1.53 bits per heavy atom. The number of rotatable bonds is 3. The van der Waals surface area contributed by atoms with Gasteiger partial charge in [0.05, 0.1) is 10.8 Å². The molecule has 0 spiro atoms. The maximum atomic E-state index is 13.4. The van der Waals surface area contributed by atoms with Crippen molar-refractivity contribution in [3.8, 4) is 0 Å². The minimum Gasteiger partial charge on any atom is -0.444 e. The Morgan fingerprint density at radius 1 is 0.969 bits per heavy atom. The average molecular weight is 444 g/mol. The van der Waals surface area contributed by atoms with Crippen molar-refractivity contribution >= 4 is 18.0 Å². The third-order valence-electron chi connectivity index (χ3n) is 6.76. The van der Waals surface area contributed by atoms with Crippen LogP contribution in [-0.2, 0) is 24.5 Å². The molecule has 3 unspecified atom stereocenters. The smallest absolute Gasteiger partial charge is 0.410 e. The van der Waals surface area contributed by atoms with Gasteiger partial charge in [-0.2, -0.15) is 0 Å². The molecule has 2 aliphatic rings. The monoisotopic (exact) mass is 443 g/mol. The highest BCUT2D eigenvalue weighted by Gasteiger charge is 2.71. The van der Waals surface area contributed by atoms with Crippen LogP contribution in [0.2, 0.25) is 0 Å². The topological polar surface area (TPSA) is 72.9 Å². The van der Waals surface area contributed by atoms with Gasteiger partial charge in [-0.15, -0.1) is 0 Å². The van der Waals surface area contributed by atoms with Crippen LogP contribution in [0, 0.1) is 23.2 Å². The molecule has 0 bridgehead atoms. The van der Waals surface area contributed by atoms with Gasteiger partial charge in [0, 0.05) is 13.1 Å². The van der Waals surface area contributed by atoms with Crippen molar-refractivity contribution in [2.24, 2.45) is 23.2 Å². The Labute approximate surface area is 191 Å². The van der Waals surface area contributed by atoms with Crippen molar-refractivity contribution in [2.75, 3.05) is 13.1 Å². The van der Waals surface area contributed by atoms with Crippen LogP contribution in [0.4, 0.5) is 4.79 Å². The highest BCUT2D eigenvalue weighted by Crippen LogP contribution is 2.65. The number of carbonyl (C=O) groups excluding carboxylic acids is 3. The van der Waals surface area contributed by atoms with Crippen molar-refractivity contribution in [2.45, 2.75) is 72.3 Å². The summed E-state index contributed by atoms with van der Waals surface area (Å²) < 4.78 is 10.9. The summed E-state index contributed by atoms with van der Waals surface area (Å²) in [7, 11) is 0. The van der Waals surface area contributed by atoms with Crippen LogP contribution >= 0.6 is 0 Å². The van der Waals surface area contributed by atoms with Gasteiger partial charge in [0.1, 0.15) is 5.60 Å². The van der Waals surface area contributed by atoms with Crippen molar-refractivity contribution in [1.82, 2.24) is 4.90 Å². The third kappa shape index (κ3) is 4.69. The third-order valence-corrected chi connectivity index (χ3v) is 6.76. The first kappa shape index (κ1) is 24.3. The Hall–Kier alpha value is -2.37. The predicted octanol–water partition coefficient (Wildman–Crippen LogP) is 4.95. The van der Waals surface area contributed by atoms with Crippen molar-refractivity contribution in [3.63, 3.8) is 0 Å². The molecule has 0 aromatic heterocycles. The number of ether oxygens (including phenoxy) is 2. The first-order chi connectivity index (χ1) is 14.8. The quantitative estimate of drug-likeness (QED) is 0.488. The molecule has 1 aliphatic carbocycles. The summed E-state index contributed by atoms with van der Waals surface area (Å²) in [6.45, 7) is 14.1. The first-order valence-corrected chi connectivity index (χ1v) is 11.6. The van der Waals surface area contributed by atoms with E-state index in [9.17, 15) is 14.4 Å². The van der Waals surface area contributed by atoms with E-state index in [2.05, 4.69) is 6.92 Å². The van der Waals surface area contributed by atoms with Crippen molar-refractivity contribution in [3.05, 3.63) is 35.9 Å². The number of nitrogens with zero attached hydrogens (tertiary/aromatic N) is 1. The van der Waals surface area contributed by atoms with Gasteiger partial charge in [-0.1, -0.05) is 37.3 Å². The van der Waals surface area contributed by atoms with Gasteiger partial charge in [0.2, 0.25) is 0 Å². The van der Waals surface area contributed by atoms with Crippen LogP contribution in [0.25, 0.3) is 0 Å². The highest BCUT2D eigenvalue weighted by atomic mass is 16.6. The Bertz CT molecular complexity index is 858. The number of carbonyl (C=O) groups is 3. The number of amides is 1. The maximum Gasteiger partial charge on any atom is 0.410 e. The molecule has 32 heavy (non-hydrogen) atoms. The second-order valence-electron chi connectivity index (χ2n) is 11.3. The Morgan fingerprint density at radius 3 is 2.03 bits per heavy atom. The van der Waals surface area contributed by atoms with Gasteiger partial charge in [-0.05, 0) is 77.7 Å². The molecule has 176 valence electrons. The summed E-state index contributed by atoms with van der Waals surface area (Å²) >= 11 is 0. The Kier molecular flexibility index (Phi) is 6.47. The Balaban J connectivity index is 1.78. The molecule has 3 rings (SSSR count). The van der Waals surface area contributed by atoms with Crippen LogP contribution < -0.4 is 0 Å². The summed E-state index contributed by atoms with van der Waals surface area (Å²) in [5, 5.41) is 0. The molecule has 1 aromatic rings. The summed E-state index contributed by atoms with van der Waals surface area (Å²) in [5.74, 6) is -0.554. The van der Waals surface area contributed by atoms with Crippen LogP contribution in [0.5, 0.6) is 0 Å². The fourth-order valence-corrected chi connectivity index (χ4v) is 5.07. The summed E-state index contributed by atoms with van der Waals surface area (Å²) in [6.07, 6.45) is 1.30. The van der Waals surface area contributed by atoms with Gasteiger partial charge in [0.25, 0.3) is 0 Å². The number of likely N-dealkylation sites (tertiary alicyclic amines) is 1. The second-order valence-corrected chi connectivity index (χ2v) is 11.3. The molecule has 1 aromatic carbocycles. The molecule has 1 saturated heterocycles. The fourth-order valence-electron chi connectivity index (χ4n) is 5.07. The lowest BCUT2D eigenvalue weighted by atomic mass is 9.83. The van der Waals surface area contributed by atoms with Crippen molar-refractivity contribution in [1.29, 1.82) is 0 Å². The van der Waals surface area contributed by atoms with E-state index >= 15 is 0 Å². The van der Waals surface area contributed by atoms with E-state index in [-0.39, 0.29) is 23.8 Å². The average Bonchev–Trinajstić information content (AvgIpc) is 3.33. The number of hydrogen-bond donors (Lipinski definition) is 0. The molecule has 1 aliphatic heterocycles. The van der Waals surface area contributed by atoms with E-state index in [1.54, 1.807) is 25.7 Å². The molecular formula is C26H37NO5. The first-order valence-electron chi connectivity index (χ1n) is 11.6. The lowest BCUT2D eigenvalue weighted by Gasteiger charge is -2.34. The lowest BCUT2D eigenvalue weighted by molar-refractivity contribution is -0.168. The summed E-state index contributed by atoms with van der Waals surface area (Å²) in [5.41, 5.74) is -1.19.